The van der Waals surface area contributed by atoms with Crippen molar-refractivity contribution in [3.8, 4) is 0 Å². The first-order valence-electron chi connectivity index (χ1n) is 13.6. The molecule has 0 spiro atoms. The molecule has 13 heteroatoms. The van der Waals surface area contributed by atoms with Gasteiger partial charge in [-0.05, 0) is 64.2 Å². The van der Waals surface area contributed by atoms with Gasteiger partial charge >= 0.3 is 12.0 Å². The Bertz CT molecular complexity index is 1570. The van der Waals surface area contributed by atoms with Crippen molar-refractivity contribution in [1.82, 2.24) is 30.2 Å². The molecule has 0 aromatic carbocycles. The highest BCUT2D eigenvalue weighted by atomic mass is 32.1. The number of thiazole rings is 1. The Balaban J connectivity index is 1.51. The van der Waals surface area contributed by atoms with E-state index in [1.54, 1.807) is 33.2 Å². The second kappa shape index (κ2) is 11.1. The fraction of sp³-hybridized carbons (Fsp3) is 0.464. The highest BCUT2D eigenvalue weighted by Crippen LogP contribution is 2.34. The van der Waals surface area contributed by atoms with Gasteiger partial charge in [-0.15, -0.1) is 0 Å². The minimum absolute atomic E-state index is 0.113. The average molecular weight is 579 g/mol. The first-order valence-corrected chi connectivity index (χ1v) is 14.4. The van der Waals surface area contributed by atoms with E-state index in [9.17, 15) is 19.8 Å². The molecule has 1 fully saturated rings. The monoisotopic (exact) mass is 578 g/mol. The molecule has 0 bridgehead atoms. The van der Waals surface area contributed by atoms with E-state index in [0.29, 0.717) is 49.9 Å². The molecule has 4 N–H and O–H groups in total. The van der Waals surface area contributed by atoms with E-state index < -0.39 is 17.0 Å². The second-order valence-electron chi connectivity index (χ2n) is 11.2. The van der Waals surface area contributed by atoms with Gasteiger partial charge in [-0.25, -0.2) is 29.7 Å². The predicted molar refractivity (Wildman–Crippen MR) is 155 cm³/mol. The molecule has 0 saturated carbocycles. The van der Waals surface area contributed by atoms with E-state index in [1.165, 1.54) is 17.7 Å². The molecule has 1 saturated heterocycles. The van der Waals surface area contributed by atoms with Gasteiger partial charge < -0.3 is 20.4 Å². The molecule has 3 aromatic heterocycles. The molecule has 1 unspecified atom stereocenters. The van der Waals surface area contributed by atoms with Crippen LogP contribution in [-0.2, 0) is 10.4 Å². The number of hydrogen-bond donors (Lipinski definition) is 4. The van der Waals surface area contributed by atoms with Crippen molar-refractivity contribution in [2.75, 3.05) is 29.9 Å². The lowest BCUT2D eigenvalue weighted by Crippen LogP contribution is -2.43. The van der Waals surface area contributed by atoms with Gasteiger partial charge in [0.15, 0.2) is 11.0 Å². The molecule has 5 rings (SSSR count). The van der Waals surface area contributed by atoms with E-state index in [2.05, 4.69) is 35.5 Å². The number of fused-ring (bicyclic) bond motifs is 1. The van der Waals surface area contributed by atoms with Gasteiger partial charge in [0.2, 0.25) is 0 Å². The summed E-state index contributed by atoms with van der Waals surface area (Å²) in [5.74, 6) is 0.197. The van der Waals surface area contributed by atoms with Crippen molar-refractivity contribution < 1.29 is 19.8 Å². The predicted octanol–water partition coefficient (Wildman–Crippen LogP) is 1.95. The number of rotatable bonds is 7. The fourth-order valence-corrected chi connectivity index (χ4v) is 6.00. The molecule has 3 aromatic rings. The number of carboxylic acid groups (broad SMARTS) is 1. The van der Waals surface area contributed by atoms with E-state index >= 15 is 0 Å². The number of aromatic nitrogens is 5. The van der Waals surface area contributed by atoms with Crippen LogP contribution in [0.3, 0.4) is 0 Å². The van der Waals surface area contributed by atoms with Crippen LogP contribution >= 0.6 is 11.3 Å². The molecule has 0 radical (unpaired) electrons. The summed E-state index contributed by atoms with van der Waals surface area (Å²) in [7, 11) is 0. The van der Waals surface area contributed by atoms with E-state index in [-0.39, 0.29) is 11.9 Å². The van der Waals surface area contributed by atoms with Gasteiger partial charge in [0, 0.05) is 44.0 Å². The lowest BCUT2D eigenvalue weighted by Gasteiger charge is -2.37. The largest absolute Gasteiger partial charge is 0.481 e. The molecule has 1 aliphatic heterocycles. The van der Waals surface area contributed by atoms with Crippen LogP contribution in [0.5, 0.6) is 0 Å². The summed E-state index contributed by atoms with van der Waals surface area (Å²) in [5, 5.41) is 26.6. The Morgan fingerprint density at radius 1 is 1.17 bits per heavy atom. The highest BCUT2D eigenvalue weighted by Gasteiger charge is 2.37. The summed E-state index contributed by atoms with van der Waals surface area (Å²) in [5.41, 5.74) is 0.675. The van der Waals surface area contributed by atoms with Crippen molar-refractivity contribution in [1.29, 1.82) is 0 Å². The first-order chi connectivity index (χ1) is 19.5. The quantitative estimate of drug-likeness (QED) is 0.325. The van der Waals surface area contributed by atoms with Crippen LogP contribution < -0.4 is 25.4 Å². The lowest BCUT2D eigenvalue weighted by atomic mass is 9.80. The molecule has 216 valence electrons. The summed E-state index contributed by atoms with van der Waals surface area (Å²) in [6.07, 6.45) is 8.68. The topological polar surface area (TPSA) is 166 Å². The number of aliphatic carboxylic acids is 1. The smallest absolute Gasteiger partial charge is 0.321 e. The van der Waals surface area contributed by atoms with Crippen LogP contribution in [0, 0.1) is 5.41 Å². The summed E-state index contributed by atoms with van der Waals surface area (Å²) >= 11 is 1.38. The molecule has 4 heterocycles. The number of carbonyl (C=O) groups excluding carboxylic acids is 1. The fourth-order valence-electron chi connectivity index (χ4n) is 4.99. The van der Waals surface area contributed by atoms with Crippen LogP contribution in [-0.4, -0.2) is 66.8 Å². The SMILES string of the molecule is CCNC(=O)Nc1nc2c(s1)=C(c1cc(N3CCC(C)(C(=O)O)CC3)ncn1)CC(c1cnc(C(C)(C)O)nc1)C=2. The number of urea groups is 1. The number of amides is 2. The zero-order valence-electron chi connectivity index (χ0n) is 23.5. The van der Waals surface area contributed by atoms with E-state index in [4.69, 9.17) is 4.98 Å². The lowest BCUT2D eigenvalue weighted by molar-refractivity contribution is -0.149. The molecule has 2 aliphatic rings. The van der Waals surface area contributed by atoms with Crippen molar-refractivity contribution >= 4 is 45.9 Å². The molecule has 12 nitrogen and oxygen atoms in total. The molecular weight excluding hydrogens is 544 g/mol. The highest BCUT2D eigenvalue weighted by molar-refractivity contribution is 7.13. The summed E-state index contributed by atoms with van der Waals surface area (Å²) < 4.78 is 0.906. The third-order valence-electron chi connectivity index (χ3n) is 7.58. The van der Waals surface area contributed by atoms with Gasteiger partial charge in [-0.1, -0.05) is 11.3 Å². The van der Waals surface area contributed by atoms with Gasteiger partial charge in [-0.2, -0.15) is 0 Å². The summed E-state index contributed by atoms with van der Waals surface area (Å²) in [6, 6.07) is 1.62. The van der Waals surface area contributed by atoms with Crippen molar-refractivity contribution in [2.45, 2.75) is 58.5 Å². The third kappa shape index (κ3) is 6.05. The molecular formula is C28H34N8O4S. The van der Waals surface area contributed by atoms with Gasteiger partial charge in [0.25, 0.3) is 0 Å². The molecule has 41 heavy (non-hydrogen) atoms. The van der Waals surface area contributed by atoms with Crippen molar-refractivity contribution in [2.24, 2.45) is 5.41 Å². The molecule has 1 atom stereocenters. The van der Waals surface area contributed by atoms with Crippen LogP contribution in [0.15, 0.2) is 24.8 Å². The number of aliphatic hydroxyl groups is 1. The van der Waals surface area contributed by atoms with Crippen molar-refractivity contribution in [3.63, 3.8) is 0 Å². The zero-order valence-corrected chi connectivity index (χ0v) is 24.3. The van der Waals surface area contributed by atoms with Crippen LogP contribution in [0.1, 0.15) is 70.0 Å². The zero-order chi connectivity index (χ0) is 29.4. The van der Waals surface area contributed by atoms with E-state index in [1.807, 2.05) is 19.1 Å². The maximum absolute atomic E-state index is 12.2. The number of hydrogen-bond acceptors (Lipinski definition) is 10. The number of piperidine rings is 1. The second-order valence-corrected chi connectivity index (χ2v) is 12.2. The third-order valence-corrected chi connectivity index (χ3v) is 8.63. The minimum Gasteiger partial charge on any atom is -0.481 e. The average Bonchev–Trinajstić information content (AvgIpc) is 3.35. The first kappa shape index (κ1) is 28.6. The Hall–Kier alpha value is -3.97. The number of anilines is 2. The number of nitrogens with one attached hydrogen (secondary N) is 2. The minimum atomic E-state index is -1.15. The van der Waals surface area contributed by atoms with Gasteiger partial charge in [0.1, 0.15) is 17.7 Å². The van der Waals surface area contributed by atoms with Gasteiger partial charge in [0.05, 0.1) is 21.0 Å². The van der Waals surface area contributed by atoms with Crippen LogP contribution in [0.2, 0.25) is 0 Å². The Kier molecular flexibility index (Phi) is 7.75. The number of carboxylic acids is 1. The van der Waals surface area contributed by atoms with Gasteiger partial charge in [-0.3, -0.25) is 10.1 Å². The molecule has 2 amide bonds. The van der Waals surface area contributed by atoms with Crippen LogP contribution in [0.25, 0.3) is 11.6 Å². The maximum Gasteiger partial charge on any atom is 0.321 e. The summed E-state index contributed by atoms with van der Waals surface area (Å²) in [4.78, 5) is 48.6. The summed E-state index contributed by atoms with van der Waals surface area (Å²) in [6.45, 7) is 8.59. The van der Waals surface area contributed by atoms with Crippen molar-refractivity contribution in [3.05, 3.63) is 51.8 Å². The molecule has 1 aliphatic carbocycles. The standard InChI is InChI=1S/C28H34N8O4S/c1-5-29-25(39)35-26-34-20-11-16(17-13-30-23(31-14-17)27(2,3)40)10-18(22(20)41-26)19-12-21(33-15-32-19)36-8-6-28(4,7-9-36)24(37)38/h11-16,40H,5-10H2,1-4H3,(H,37,38)(H2,29,34,35,39). The van der Waals surface area contributed by atoms with E-state index in [0.717, 1.165) is 32.5 Å². The number of carbonyl (C=O) groups is 2. The number of nitrogens with zero attached hydrogens (tertiary/aromatic N) is 6. The van der Waals surface area contributed by atoms with Crippen LogP contribution in [0.4, 0.5) is 15.7 Å². The normalized spacial score (nSPS) is 18.3. The Morgan fingerprint density at radius 3 is 2.51 bits per heavy atom. The Morgan fingerprint density at radius 2 is 1.88 bits per heavy atom. The maximum atomic E-state index is 12.2. The Labute approximate surface area is 241 Å².